The summed E-state index contributed by atoms with van der Waals surface area (Å²) in [6, 6.07) is 9.06. The number of esters is 1. The average Bonchev–Trinajstić information content (AvgIpc) is 2.68. The van der Waals surface area contributed by atoms with Crippen molar-refractivity contribution in [2.75, 3.05) is 49.1 Å². The van der Waals surface area contributed by atoms with Crippen LogP contribution in [0.1, 0.15) is 0 Å². The summed E-state index contributed by atoms with van der Waals surface area (Å²) in [6.45, 7) is 2.84. The topological polar surface area (TPSA) is 78.9 Å². The van der Waals surface area contributed by atoms with Crippen LogP contribution in [0, 0.1) is 0 Å². The molecule has 1 fully saturated rings. The van der Waals surface area contributed by atoms with Gasteiger partial charge >= 0.3 is 5.97 Å². The number of hydrogen-bond donors (Lipinski definition) is 0. The maximum Gasteiger partial charge on any atom is 0.331 e. The zero-order valence-electron chi connectivity index (χ0n) is 14.2. The Kier molecular flexibility index (Phi) is 4.39. The van der Waals surface area contributed by atoms with Crippen molar-refractivity contribution in [3.63, 3.8) is 0 Å². The number of fused-ring (bicyclic) bond motifs is 1. The highest BCUT2D eigenvalue weighted by Gasteiger charge is 2.28. The van der Waals surface area contributed by atoms with Gasteiger partial charge in [0.2, 0.25) is 11.9 Å². The maximum atomic E-state index is 12.7. The number of ether oxygens (including phenoxy) is 1. The first-order valence-corrected chi connectivity index (χ1v) is 8.55. The first-order valence-electron chi connectivity index (χ1n) is 8.55. The van der Waals surface area contributed by atoms with Crippen molar-refractivity contribution in [2.24, 2.45) is 0 Å². The van der Waals surface area contributed by atoms with Gasteiger partial charge in [-0.15, -0.1) is 0 Å². The number of carbonyl (C=O) groups is 2. The molecular formula is C18H19N5O3. The Hall–Kier alpha value is -3.16. The Morgan fingerprint density at radius 3 is 2.54 bits per heavy atom. The number of nitrogens with zero attached hydrogens (tertiary/aromatic N) is 5. The monoisotopic (exact) mass is 353 g/mol. The van der Waals surface area contributed by atoms with Gasteiger partial charge < -0.3 is 19.4 Å². The number of amides is 1. The number of aromatic nitrogens is 2. The van der Waals surface area contributed by atoms with Crippen LogP contribution in [0.15, 0.2) is 42.7 Å². The lowest BCUT2D eigenvalue weighted by molar-refractivity contribution is -0.133. The average molecular weight is 353 g/mol. The molecule has 0 spiro atoms. The third-order valence-corrected chi connectivity index (χ3v) is 4.54. The second-order valence-electron chi connectivity index (χ2n) is 6.21. The summed E-state index contributed by atoms with van der Waals surface area (Å²) in [4.78, 5) is 38.7. The molecule has 0 N–H and O–H groups in total. The van der Waals surface area contributed by atoms with E-state index in [-0.39, 0.29) is 25.0 Å². The van der Waals surface area contributed by atoms with E-state index in [9.17, 15) is 9.59 Å². The van der Waals surface area contributed by atoms with E-state index in [1.54, 1.807) is 29.4 Å². The van der Waals surface area contributed by atoms with Crippen molar-refractivity contribution in [1.29, 1.82) is 0 Å². The van der Waals surface area contributed by atoms with Crippen molar-refractivity contribution in [2.45, 2.75) is 0 Å². The fraction of sp³-hybridized carbons (Fsp3) is 0.333. The molecule has 4 rings (SSSR count). The van der Waals surface area contributed by atoms with Gasteiger partial charge in [-0.1, -0.05) is 12.1 Å². The summed E-state index contributed by atoms with van der Waals surface area (Å²) < 4.78 is 5.23. The molecule has 26 heavy (non-hydrogen) atoms. The zero-order chi connectivity index (χ0) is 17.9. The number of benzene rings is 1. The third-order valence-electron chi connectivity index (χ3n) is 4.54. The second-order valence-corrected chi connectivity index (χ2v) is 6.21. The molecule has 134 valence electrons. The third kappa shape index (κ3) is 3.30. The lowest BCUT2D eigenvalue weighted by Crippen LogP contribution is -2.52. The van der Waals surface area contributed by atoms with Crippen molar-refractivity contribution < 1.29 is 14.3 Å². The standard InChI is InChI=1S/C18H19N5O3/c24-16(12-23-13-17(25)26-15-5-2-1-4-14(15)23)21-8-10-22(11-9-21)18-19-6-3-7-20-18/h1-7H,8-13H2. The molecule has 0 aliphatic carbocycles. The first kappa shape index (κ1) is 16.3. The van der Waals surface area contributed by atoms with Crippen LogP contribution in [0.5, 0.6) is 5.75 Å². The van der Waals surface area contributed by atoms with Crippen LogP contribution in [0.4, 0.5) is 11.6 Å². The van der Waals surface area contributed by atoms with E-state index in [1.807, 2.05) is 23.1 Å². The van der Waals surface area contributed by atoms with Crippen LogP contribution in [0.3, 0.4) is 0 Å². The maximum absolute atomic E-state index is 12.7. The van der Waals surface area contributed by atoms with Gasteiger partial charge in [-0.2, -0.15) is 0 Å². The number of para-hydroxylation sites is 2. The van der Waals surface area contributed by atoms with E-state index in [4.69, 9.17) is 4.74 Å². The van der Waals surface area contributed by atoms with E-state index < -0.39 is 0 Å². The minimum absolute atomic E-state index is 0.00290. The lowest BCUT2D eigenvalue weighted by atomic mass is 10.2. The fourth-order valence-corrected chi connectivity index (χ4v) is 3.22. The summed E-state index contributed by atoms with van der Waals surface area (Å²) in [7, 11) is 0. The number of carbonyl (C=O) groups excluding carboxylic acids is 2. The zero-order valence-corrected chi connectivity index (χ0v) is 14.2. The smallest absolute Gasteiger partial charge is 0.331 e. The van der Waals surface area contributed by atoms with Crippen molar-refractivity contribution in [1.82, 2.24) is 14.9 Å². The first-order chi connectivity index (χ1) is 12.7. The molecule has 1 amide bonds. The molecule has 0 atom stereocenters. The lowest BCUT2D eigenvalue weighted by Gasteiger charge is -2.36. The molecule has 3 heterocycles. The molecule has 2 aliphatic rings. The minimum atomic E-state index is -0.345. The molecule has 1 saturated heterocycles. The van der Waals surface area contributed by atoms with E-state index in [1.165, 1.54) is 0 Å². The van der Waals surface area contributed by atoms with Gasteiger partial charge in [0.15, 0.2) is 5.75 Å². The van der Waals surface area contributed by atoms with Crippen LogP contribution in [0.25, 0.3) is 0 Å². The Labute approximate surface area is 151 Å². The highest BCUT2D eigenvalue weighted by molar-refractivity contribution is 5.89. The molecular weight excluding hydrogens is 334 g/mol. The van der Waals surface area contributed by atoms with Crippen molar-refractivity contribution >= 4 is 23.5 Å². The fourth-order valence-electron chi connectivity index (χ4n) is 3.22. The Bertz CT molecular complexity index is 805. The quantitative estimate of drug-likeness (QED) is 0.589. The number of hydrogen-bond acceptors (Lipinski definition) is 7. The minimum Gasteiger partial charge on any atom is -0.423 e. The van der Waals surface area contributed by atoms with E-state index >= 15 is 0 Å². The summed E-state index contributed by atoms with van der Waals surface area (Å²) in [5, 5.41) is 0. The molecule has 0 bridgehead atoms. The SMILES string of the molecule is O=C1CN(CC(=O)N2CCN(c3ncccn3)CC2)c2ccccc2O1. The second kappa shape index (κ2) is 6.99. The number of rotatable bonds is 3. The molecule has 0 unspecified atom stereocenters. The van der Waals surface area contributed by atoms with Gasteiger partial charge in [0.05, 0.1) is 12.2 Å². The summed E-state index contributed by atoms with van der Waals surface area (Å²) in [5.41, 5.74) is 0.775. The van der Waals surface area contributed by atoms with E-state index in [2.05, 4.69) is 14.9 Å². The predicted molar refractivity (Wildman–Crippen MR) is 95.1 cm³/mol. The molecule has 8 heteroatoms. The van der Waals surface area contributed by atoms with E-state index in [0.29, 0.717) is 37.9 Å². The van der Waals surface area contributed by atoms with Crippen LogP contribution in [-0.4, -0.2) is 66.0 Å². The van der Waals surface area contributed by atoms with Crippen molar-refractivity contribution in [3.8, 4) is 5.75 Å². The van der Waals surface area contributed by atoms with E-state index in [0.717, 1.165) is 5.69 Å². The van der Waals surface area contributed by atoms with Gasteiger partial charge in [0.25, 0.3) is 0 Å². The summed E-state index contributed by atoms with van der Waals surface area (Å²) >= 11 is 0. The highest BCUT2D eigenvalue weighted by Crippen LogP contribution is 2.31. The van der Waals surface area contributed by atoms with Crippen molar-refractivity contribution in [3.05, 3.63) is 42.7 Å². The molecule has 2 aromatic rings. The summed E-state index contributed by atoms with van der Waals surface area (Å²) in [5.74, 6) is 0.848. The molecule has 1 aromatic heterocycles. The number of anilines is 2. The largest absolute Gasteiger partial charge is 0.423 e. The predicted octanol–water partition coefficient (Wildman–Crippen LogP) is 0.551. The van der Waals surface area contributed by atoms with Crippen LogP contribution < -0.4 is 14.5 Å². The molecule has 0 saturated carbocycles. The van der Waals surface area contributed by atoms with Gasteiger partial charge in [-0.05, 0) is 18.2 Å². The molecule has 1 aromatic carbocycles. The normalized spacial score (nSPS) is 16.9. The Balaban J connectivity index is 1.38. The number of piperazine rings is 1. The Morgan fingerprint density at radius 1 is 1.04 bits per heavy atom. The molecule has 8 nitrogen and oxygen atoms in total. The van der Waals surface area contributed by atoms with Gasteiger partial charge in [-0.3, -0.25) is 4.79 Å². The molecule has 2 aliphatic heterocycles. The highest BCUT2D eigenvalue weighted by atomic mass is 16.5. The van der Waals surface area contributed by atoms with Gasteiger partial charge in [0, 0.05) is 38.6 Å². The molecule has 0 radical (unpaired) electrons. The summed E-state index contributed by atoms with van der Waals surface area (Å²) in [6.07, 6.45) is 3.43. The van der Waals surface area contributed by atoms with Crippen LogP contribution in [-0.2, 0) is 9.59 Å². The Morgan fingerprint density at radius 2 is 1.77 bits per heavy atom. The van der Waals surface area contributed by atoms with Gasteiger partial charge in [0.1, 0.15) is 6.54 Å². The van der Waals surface area contributed by atoms with Crippen LogP contribution >= 0.6 is 0 Å². The van der Waals surface area contributed by atoms with Gasteiger partial charge in [-0.25, -0.2) is 14.8 Å². The van der Waals surface area contributed by atoms with Crippen LogP contribution in [0.2, 0.25) is 0 Å².